The number of hydrogen-bond donors (Lipinski definition) is 0. The first-order valence-corrected chi connectivity index (χ1v) is 7.71. The Labute approximate surface area is 107 Å². The Morgan fingerprint density at radius 2 is 1.89 bits per heavy atom. The normalized spacial score (nSPS) is 17.8. The molecule has 0 aliphatic heterocycles. The molecule has 0 unspecified atom stereocenters. The summed E-state index contributed by atoms with van der Waals surface area (Å²) in [6.07, 6.45) is 3.76. The van der Waals surface area contributed by atoms with Crippen molar-refractivity contribution in [2.45, 2.75) is 25.7 Å². The molecule has 1 aliphatic rings. The summed E-state index contributed by atoms with van der Waals surface area (Å²) < 4.78 is 26.6. The van der Waals surface area contributed by atoms with Crippen molar-refractivity contribution in [3.8, 4) is 0 Å². The molecular formula is C13H16O4S. The fourth-order valence-electron chi connectivity index (χ4n) is 2.27. The van der Waals surface area contributed by atoms with Crippen molar-refractivity contribution in [1.82, 2.24) is 0 Å². The van der Waals surface area contributed by atoms with E-state index < -0.39 is 21.5 Å². The van der Waals surface area contributed by atoms with Gasteiger partial charge in [-0.3, -0.25) is 4.79 Å². The summed E-state index contributed by atoms with van der Waals surface area (Å²) in [5.41, 5.74) is 0.382. The van der Waals surface area contributed by atoms with Gasteiger partial charge in [-0.25, -0.2) is 0 Å². The second-order valence-electron chi connectivity index (χ2n) is 4.87. The lowest BCUT2D eigenvalue weighted by atomic mass is 9.65. The molecule has 0 radical (unpaired) electrons. The fraction of sp³-hybridized carbons (Fsp3) is 0.462. The zero-order valence-electron chi connectivity index (χ0n) is 10.3. The minimum absolute atomic E-state index is 0.544. The van der Waals surface area contributed by atoms with E-state index in [0.29, 0.717) is 19.3 Å². The molecule has 0 N–H and O–H groups in total. The third-order valence-electron chi connectivity index (χ3n) is 3.36. The van der Waals surface area contributed by atoms with Gasteiger partial charge < -0.3 is 4.18 Å². The maximum Gasteiger partial charge on any atom is 0.328 e. The molecule has 0 heterocycles. The highest BCUT2D eigenvalue weighted by molar-refractivity contribution is 7.86. The van der Waals surface area contributed by atoms with E-state index in [1.807, 2.05) is 30.3 Å². The Balaban J connectivity index is 2.14. The monoisotopic (exact) mass is 268 g/mol. The van der Waals surface area contributed by atoms with Gasteiger partial charge in [-0.05, 0) is 24.8 Å². The van der Waals surface area contributed by atoms with Gasteiger partial charge in [-0.2, -0.15) is 8.42 Å². The van der Waals surface area contributed by atoms with E-state index in [9.17, 15) is 13.2 Å². The third-order valence-corrected chi connectivity index (χ3v) is 3.81. The van der Waals surface area contributed by atoms with Crippen LogP contribution in [0, 0.1) is 5.41 Å². The summed E-state index contributed by atoms with van der Waals surface area (Å²) in [4.78, 5) is 12.0. The summed E-state index contributed by atoms with van der Waals surface area (Å²) >= 11 is 0. The summed E-state index contributed by atoms with van der Waals surface area (Å²) in [5.74, 6) is -0.611. The van der Waals surface area contributed by atoms with Gasteiger partial charge in [0.05, 0.1) is 11.7 Å². The molecule has 4 nitrogen and oxygen atoms in total. The molecule has 0 aromatic heterocycles. The van der Waals surface area contributed by atoms with Gasteiger partial charge in [-0.15, -0.1) is 0 Å². The molecule has 5 heteroatoms. The van der Waals surface area contributed by atoms with Crippen LogP contribution < -0.4 is 0 Å². The predicted molar refractivity (Wildman–Crippen MR) is 67.4 cm³/mol. The second kappa shape index (κ2) is 4.72. The molecule has 0 spiro atoms. The Bertz CT molecular complexity index is 529. The van der Waals surface area contributed by atoms with Gasteiger partial charge >= 0.3 is 16.1 Å². The maximum atomic E-state index is 12.0. The molecule has 0 saturated heterocycles. The Morgan fingerprint density at radius 1 is 1.28 bits per heavy atom. The highest BCUT2D eigenvalue weighted by atomic mass is 32.2. The summed E-state index contributed by atoms with van der Waals surface area (Å²) in [6.45, 7) is 0. The minimum atomic E-state index is -3.72. The van der Waals surface area contributed by atoms with Crippen LogP contribution in [0.3, 0.4) is 0 Å². The van der Waals surface area contributed by atoms with E-state index >= 15 is 0 Å². The molecule has 0 bridgehead atoms. The SMILES string of the molecule is CS(=O)(=O)OC(=O)C1(Cc2ccccc2)CCC1. The topological polar surface area (TPSA) is 60.4 Å². The van der Waals surface area contributed by atoms with Crippen LogP contribution >= 0.6 is 0 Å². The van der Waals surface area contributed by atoms with Crippen LogP contribution in [0.2, 0.25) is 0 Å². The fourth-order valence-corrected chi connectivity index (χ4v) is 2.72. The molecule has 1 fully saturated rings. The molecule has 2 rings (SSSR count). The molecular weight excluding hydrogens is 252 g/mol. The Morgan fingerprint density at radius 3 is 2.33 bits per heavy atom. The van der Waals surface area contributed by atoms with Gasteiger partial charge in [0, 0.05) is 0 Å². The molecule has 1 aromatic carbocycles. The molecule has 1 aliphatic carbocycles. The quantitative estimate of drug-likeness (QED) is 0.782. The van der Waals surface area contributed by atoms with E-state index in [2.05, 4.69) is 4.18 Å². The van der Waals surface area contributed by atoms with Crippen molar-refractivity contribution in [2.24, 2.45) is 5.41 Å². The van der Waals surface area contributed by atoms with E-state index in [1.54, 1.807) is 0 Å². The third kappa shape index (κ3) is 2.90. The van der Waals surface area contributed by atoms with Gasteiger partial charge in [0.1, 0.15) is 0 Å². The maximum absolute atomic E-state index is 12.0. The Kier molecular flexibility index (Phi) is 3.43. The van der Waals surface area contributed by atoms with Crippen LogP contribution in [0.4, 0.5) is 0 Å². The van der Waals surface area contributed by atoms with Crippen LogP contribution in [0.25, 0.3) is 0 Å². The molecule has 0 amide bonds. The molecule has 98 valence electrons. The van der Waals surface area contributed by atoms with Gasteiger partial charge in [-0.1, -0.05) is 36.8 Å². The molecule has 18 heavy (non-hydrogen) atoms. The van der Waals surface area contributed by atoms with E-state index in [-0.39, 0.29) is 0 Å². The minimum Gasteiger partial charge on any atom is -0.345 e. The Hall–Kier alpha value is -1.36. The predicted octanol–water partition coefficient (Wildman–Crippen LogP) is 1.90. The summed E-state index contributed by atoms with van der Waals surface area (Å²) in [5, 5.41) is 0. The lowest BCUT2D eigenvalue weighted by molar-refractivity contribution is -0.150. The largest absolute Gasteiger partial charge is 0.345 e. The van der Waals surface area contributed by atoms with Gasteiger partial charge in [0.2, 0.25) is 0 Å². The first-order chi connectivity index (χ1) is 8.41. The van der Waals surface area contributed by atoms with Crippen molar-refractivity contribution in [2.75, 3.05) is 6.26 Å². The average molecular weight is 268 g/mol. The lowest BCUT2D eigenvalue weighted by Gasteiger charge is -2.38. The highest BCUT2D eigenvalue weighted by Crippen LogP contribution is 2.45. The van der Waals surface area contributed by atoms with Crippen LogP contribution in [-0.4, -0.2) is 20.6 Å². The van der Waals surface area contributed by atoms with Crippen LogP contribution in [0.15, 0.2) is 30.3 Å². The second-order valence-corrected chi connectivity index (χ2v) is 6.45. The van der Waals surface area contributed by atoms with Crippen molar-refractivity contribution >= 4 is 16.1 Å². The summed E-state index contributed by atoms with van der Waals surface area (Å²) in [6, 6.07) is 9.60. The molecule has 1 aromatic rings. The van der Waals surface area contributed by atoms with Crippen molar-refractivity contribution in [3.63, 3.8) is 0 Å². The van der Waals surface area contributed by atoms with Gasteiger partial charge in [0.25, 0.3) is 0 Å². The number of carbonyl (C=O) groups excluding carboxylic acids is 1. The number of rotatable bonds is 4. The summed E-state index contributed by atoms with van der Waals surface area (Å²) in [7, 11) is -3.72. The van der Waals surface area contributed by atoms with Crippen LogP contribution in [0.1, 0.15) is 24.8 Å². The number of benzene rings is 1. The first-order valence-electron chi connectivity index (χ1n) is 5.89. The first kappa shape index (κ1) is 13.1. The van der Waals surface area contributed by atoms with Crippen LogP contribution in [-0.2, 0) is 25.5 Å². The van der Waals surface area contributed by atoms with Crippen molar-refractivity contribution in [1.29, 1.82) is 0 Å². The smallest absolute Gasteiger partial charge is 0.328 e. The van der Waals surface area contributed by atoms with E-state index in [0.717, 1.165) is 18.2 Å². The van der Waals surface area contributed by atoms with Gasteiger partial charge in [0.15, 0.2) is 0 Å². The highest BCUT2D eigenvalue weighted by Gasteiger charge is 2.46. The van der Waals surface area contributed by atoms with Crippen LogP contribution in [0.5, 0.6) is 0 Å². The zero-order valence-corrected chi connectivity index (χ0v) is 11.1. The lowest BCUT2D eigenvalue weighted by Crippen LogP contribution is -2.42. The van der Waals surface area contributed by atoms with Crippen molar-refractivity contribution < 1.29 is 17.4 Å². The van der Waals surface area contributed by atoms with Crippen molar-refractivity contribution in [3.05, 3.63) is 35.9 Å². The molecule has 1 saturated carbocycles. The molecule has 0 atom stereocenters. The average Bonchev–Trinajstić information content (AvgIpc) is 2.22. The number of hydrogen-bond acceptors (Lipinski definition) is 4. The zero-order chi connectivity index (χ0) is 13.2. The number of carbonyl (C=O) groups is 1. The van der Waals surface area contributed by atoms with E-state index in [1.165, 1.54) is 0 Å². The van der Waals surface area contributed by atoms with E-state index in [4.69, 9.17) is 0 Å². The standard InChI is InChI=1S/C13H16O4S/c1-18(15,16)17-12(14)13(8-5-9-13)10-11-6-3-2-4-7-11/h2-4,6-7H,5,8-10H2,1H3.